The fraction of sp³-hybridized carbons (Fsp3) is 0.711. The molecule has 0 aliphatic carbocycles. The van der Waals surface area contributed by atoms with E-state index >= 15 is 0 Å². The minimum atomic E-state index is -5.00. The summed E-state index contributed by atoms with van der Waals surface area (Å²) in [6, 6.07) is 0. The second-order valence-corrected chi connectivity index (χ2v) is 29.2. The van der Waals surface area contributed by atoms with Crippen LogP contribution in [0.2, 0.25) is 0 Å². The summed E-state index contributed by atoms with van der Waals surface area (Å²) in [6.45, 7) is 4.53. The predicted molar refractivity (Wildman–Crippen MR) is 418 cm³/mol. The summed E-state index contributed by atoms with van der Waals surface area (Å²) in [4.78, 5) is 72.9. The van der Waals surface area contributed by atoms with Crippen LogP contribution >= 0.6 is 15.6 Å². The SMILES string of the molecule is CC/C=C\C/C=C\C/C=C\C/C=C\C/C=C\C/C=C\CCC(=O)OCC(COP(=O)(O)OCC(O)COP(=O)(O)OCC(COC(=O)CCCCCCCCCCCCCCCCC)OC(=O)CCCCCCC/C=C\CCCC)OC(=O)CCCCCCCCC/C=C\C/C=C\C/C=C\CC. The number of hydrogen-bond donors (Lipinski definition) is 3. The number of hydrogen-bond acceptors (Lipinski definition) is 15. The van der Waals surface area contributed by atoms with E-state index in [4.69, 9.17) is 37.0 Å². The van der Waals surface area contributed by atoms with Gasteiger partial charge in [-0.2, -0.15) is 0 Å². The van der Waals surface area contributed by atoms with Gasteiger partial charge in [0, 0.05) is 25.7 Å². The van der Waals surface area contributed by atoms with E-state index in [2.05, 4.69) is 131 Å². The van der Waals surface area contributed by atoms with E-state index in [9.17, 15) is 43.2 Å². The number of aliphatic hydroxyl groups excluding tert-OH is 1. The van der Waals surface area contributed by atoms with Gasteiger partial charge in [-0.1, -0.05) is 303 Å². The summed E-state index contributed by atoms with van der Waals surface area (Å²) >= 11 is 0. The first-order valence-corrected chi connectivity index (χ1v) is 42.8. The highest BCUT2D eigenvalue weighted by atomic mass is 31.2. The van der Waals surface area contributed by atoms with Crippen LogP contribution < -0.4 is 0 Å². The van der Waals surface area contributed by atoms with Crippen LogP contribution in [0.3, 0.4) is 0 Å². The third kappa shape index (κ3) is 73.8. The number of esters is 4. The fourth-order valence-electron chi connectivity index (χ4n) is 10.4. The third-order valence-corrected chi connectivity index (χ3v) is 18.3. The number of ether oxygens (including phenoxy) is 4. The van der Waals surface area contributed by atoms with E-state index < -0.39 is 97.5 Å². The second kappa shape index (κ2) is 74.7. The normalized spacial score (nSPS) is 14.5. The Kier molecular flexibility index (Phi) is 71.4. The minimum Gasteiger partial charge on any atom is -0.462 e. The topological polar surface area (TPSA) is 237 Å². The average Bonchev–Trinajstić information content (AvgIpc) is 0.921. The van der Waals surface area contributed by atoms with Gasteiger partial charge in [-0.15, -0.1) is 0 Å². The van der Waals surface area contributed by atoms with Crippen LogP contribution in [0.5, 0.6) is 0 Å². The lowest BCUT2D eigenvalue weighted by atomic mass is 10.0. The Hall–Kier alpha value is -4.54. The van der Waals surface area contributed by atoms with Crippen LogP contribution in [-0.2, 0) is 65.4 Å². The van der Waals surface area contributed by atoms with Gasteiger partial charge in [-0.05, 0) is 116 Å². The summed E-state index contributed by atoms with van der Waals surface area (Å²) in [5, 5.41) is 10.6. The molecule has 0 radical (unpaired) electrons. The van der Waals surface area contributed by atoms with Crippen molar-refractivity contribution in [1.29, 1.82) is 0 Å². The van der Waals surface area contributed by atoms with Gasteiger partial charge in [0.1, 0.15) is 19.3 Å². The molecule has 586 valence electrons. The summed E-state index contributed by atoms with van der Waals surface area (Å²) in [6.07, 6.45) is 82.0. The maximum atomic E-state index is 13.1. The summed E-state index contributed by atoms with van der Waals surface area (Å²) in [5.41, 5.74) is 0. The highest BCUT2D eigenvalue weighted by Gasteiger charge is 2.30. The highest BCUT2D eigenvalue weighted by Crippen LogP contribution is 2.45. The van der Waals surface area contributed by atoms with Gasteiger partial charge >= 0.3 is 39.5 Å². The molecule has 5 atom stereocenters. The van der Waals surface area contributed by atoms with Gasteiger partial charge in [0.25, 0.3) is 0 Å². The van der Waals surface area contributed by atoms with Crippen molar-refractivity contribution in [2.45, 2.75) is 341 Å². The Morgan fingerprint density at radius 2 is 0.539 bits per heavy atom. The number of carbonyl (C=O) groups excluding carboxylic acids is 4. The van der Waals surface area contributed by atoms with Gasteiger partial charge in [0.15, 0.2) is 12.2 Å². The van der Waals surface area contributed by atoms with E-state index in [-0.39, 0.29) is 25.7 Å². The van der Waals surface area contributed by atoms with E-state index in [0.717, 1.165) is 154 Å². The van der Waals surface area contributed by atoms with Gasteiger partial charge < -0.3 is 33.8 Å². The Bertz CT molecular complexity index is 2410. The monoisotopic (exact) mass is 1470 g/mol. The van der Waals surface area contributed by atoms with Crippen LogP contribution in [0.1, 0.15) is 323 Å². The zero-order valence-electron chi connectivity index (χ0n) is 64.0. The molecule has 0 bridgehead atoms. The Balaban J connectivity index is 5.40. The van der Waals surface area contributed by atoms with Crippen LogP contribution in [0.25, 0.3) is 0 Å². The molecule has 17 nitrogen and oxygen atoms in total. The molecule has 0 aromatic heterocycles. The van der Waals surface area contributed by atoms with E-state index in [1.807, 2.05) is 18.2 Å². The average molecular weight is 1470 g/mol. The maximum absolute atomic E-state index is 13.1. The van der Waals surface area contributed by atoms with Crippen LogP contribution in [0.4, 0.5) is 0 Å². The summed E-state index contributed by atoms with van der Waals surface area (Å²) in [7, 11) is -9.98. The molecular formula is C83H142O17P2. The molecule has 0 heterocycles. The van der Waals surface area contributed by atoms with Crippen molar-refractivity contribution in [3.8, 4) is 0 Å². The molecule has 0 fully saturated rings. The molecule has 0 saturated carbocycles. The lowest BCUT2D eigenvalue weighted by molar-refractivity contribution is -0.161. The molecule has 0 aliphatic heterocycles. The van der Waals surface area contributed by atoms with Crippen molar-refractivity contribution >= 4 is 39.5 Å². The molecule has 102 heavy (non-hydrogen) atoms. The Morgan fingerprint density at radius 3 is 0.882 bits per heavy atom. The lowest BCUT2D eigenvalue weighted by Gasteiger charge is -2.21. The summed E-state index contributed by atoms with van der Waals surface area (Å²) < 4.78 is 68.5. The number of allylic oxidation sites excluding steroid dienone is 20. The van der Waals surface area contributed by atoms with Gasteiger partial charge in [-0.3, -0.25) is 37.3 Å². The number of phosphoric ester groups is 2. The number of rotatable bonds is 74. The Labute approximate surface area is 619 Å². The van der Waals surface area contributed by atoms with Crippen molar-refractivity contribution in [2.24, 2.45) is 0 Å². The summed E-state index contributed by atoms with van der Waals surface area (Å²) in [5.74, 6) is -2.28. The van der Waals surface area contributed by atoms with Gasteiger partial charge in [0.05, 0.1) is 26.4 Å². The standard InChI is InChI=1S/C83H142O17P2/c1-5-9-13-17-21-25-29-32-35-37-38-40-42-45-49-52-56-60-64-68-81(86)94-74-79(100-83(88)70-66-62-58-54-50-46-43-39-36-33-30-26-22-18-14-10-6-2)76-98-102(91,92)96-72-77(84)71-95-101(89,90)97-75-78(99-82(87)69-65-61-57-53-47-28-24-20-16-12-8-4)73-93-80(85)67-63-59-55-51-48-44-41-34-31-27-23-19-15-11-7-3/h9-10,13-14,20-22,24-26,32-33,35-36,38,40,45,49,56,60,77-79,84H,5-8,11-12,15-19,23,27-31,34,37,39,41-44,46-48,50-55,57-59,61-76H2,1-4H3,(H,89,90)(H,91,92)/b13-9-,14-10-,24-20-,25-21-,26-22-,35-32-,36-33-,40-38-,49-45-,60-56-. The minimum absolute atomic E-state index is 0.0318. The van der Waals surface area contributed by atoms with Crippen molar-refractivity contribution < 1.29 is 80.2 Å². The lowest BCUT2D eigenvalue weighted by Crippen LogP contribution is -2.30. The van der Waals surface area contributed by atoms with Crippen LogP contribution in [0, 0.1) is 0 Å². The number of unbranched alkanes of at least 4 members (excludes halogenated alkanes) is 28. The zero-order chi connectivity index (χ0) is 74.6. The maximum Gasteiger partial charge on any atom is 0.472 e. The number of phosphoric acid groups is 2. The van der Waals surface area contributed by atoms with Crippen LogP contribution in [-0.4, -0.2) is 96.7 Å². The molecule has 0 spiro atoms. The van der Waals surface area contributed by atoms with Crippen molar-refractivity contribution in [2.75, 3.05) is 39.6 Å². The highest BCUT2D eigenvalue weighted by molar-refractivity contribution is 7.47. The van der Waals surface area contributed by atoms with E-state index in [1.54, 1.807) is 0 Å². The third-order valence-electron chi connectivity index (χ3n) is 16.4. The number of carbonyl (C=O) groups is 4. The van der Waals surface area contributed by atoms with Crippen molar-refractivity contribution in [3.05, 3.63) is 122 Å². The van der Waals surface area contributed by atoms with E-state index in [1.165, 1.54) is 83.5 Å². The van der Waals surface area contributed by atoms with Crippen molar-refractivity contribution in [1.82, 2.24) is 0 Å². The molecule has 0 aliphatic rings. The molecule has 19 heteroatoms. The smallest absolute Gasteiger partial charge is 0.462 e. The van der Waals surface area contributed by atoms with E-state index in [0.29, 0.717) is 32.1 Å². The molecule has 3 N–H and O–H groups in total. The molecule has 0 aromatic carbocycles. The molecular weight excluding hydrogens is 1330 g/mol. The molecule has 0 saturated heterocycles. The number of aliphatic hydroxyl groups is 1. The van der Waals surface area contributed by atoms with Gasteiger partial charge in [-0.25, -0.2) is 9.13 Å². The quantitative estimate of drug-likeness (QED) is 0.0169. The predicted octanol–water partition coefficient (Wildman–Crippen LogP) is 23.1. The molecule has 5 unspecified atom stereocenters. The second-order valence-electron chi connectivity index (χ2n) is 26.2. The molecule has 0 aromatic rings. The first kappa shape index (κ1) is 97.5. The fourth-order valence-corrected chi connectivity index (χ4v) is 12.0. The Morgan fingerprint density at radius 1 is 0.284 bits per heavy atom. The van der Waals surface area contributed by atoms with Crippen molar-refractivity contribution in [3.63, 3.8) is 0 Å². The zero-order valence-corrected chi connectivity index (χ0v) is 65.8. The van der Waals surface area contributed by atoms with Crippen LogP contribution in [0.15, 0.2) is 122 Å². The molecule has 0 rings (SSSR count). The largest absolute Gasteiger partial charge is 0.472 e. The first-order chi connectivity index (χ1) is 49.7. The first-order valence-electron chi connectivity index (χ1n) is 39.8. The molecule has 0 amide bonds. The van der Waals surface area contributed by atoms with Gasteiger partial charge in [0.2, 0.25) is 0 Å².